The number of aromatic nitrogens is 2. The van der Waals surface area contributed by atoms with E-state index >= 15 is 0 Å². The number of carbonyl (C=O) groups excluding carboxylic acids is 1. The number of carbonyl (C=O) groups is 1. The number of benzene rings is 3. The van der Waals surface area contributed by atoms with Gasteiger partial charge in [0.2, 0.25) is 21.9 Å². The van der Waals surface area contributed by atoms with E-state index in [1.807, 2.05) is 92.1 Å². The summed E-state index contributed by atoms with van der Waals surface area (Å²) in [5.41, 5.74) is 4.66. The van der Waals surface area contributed by atoms with Crippen LogP contribution in [0.25, 0.3) is 16.9 Å². The Kier molecular flexibility index (Phi) is 8.87. The van der Waals surface area contributed by atoms with E-state index in [4.69, 9.17) is 16.6 Å². The zero-order valence-corrected chi connectivity index (χ0v) is 24.0. The van der Waals surface area contributed by atoms with Gasteiger partial charge in [-0.1, -0.05) is 48.0 Å². The van der Waals surface area contributed by atoms with Crippen molar-refractivity contribution in [1.82, 2.24) is 18.8 Å². The number of halogens is 1. The summed E-state index contributed by atoms with van der Waals surface area (Å²) in [6, 6.07) is 21.6. The van der Waals surface area contributed by atoms with Crippen LogP contribution in [0.3, 0.4) is 0 Å². The Balaban J connectivity index is 1.66. The second kappa shape index (κ2) is 12.1. The lowest BCUT2D eigenvalue weighted by Crippen LogP contribution is -2.41. The van der Waals surface area contributed by atoms with Crippen LogP contribution in [-0.2, 0) is 14.8 Å². The van der Waals surface area contributed by atoms with Crippen LogP contribution in [0.15, 0.2) is 83.9 Å². The van der Waals surface area contributed by atoms with E-state index in [9.17, 15) is 13.2 Å². The van der Waals surface area contributed by atoms with Crippen molar-refractivity contribution in [3.8, 4) is 16.9 Å². The highest BCUT2D eigenvalue weighted by Gasteiger charge is 2.27. The van der Waals surface area contributed by atoms with Crippen molar-refractivity contribution in [3.63, 3.8) is 0 Å². The van der Waals surface area contributed by atoms with Gasteiger partial charge in [-0.25, -0.2) is 13.4 Å². The Hall–Kier alpha value is -3.50. The van der Waals surface area contributed by atoms with Gasteiger partial charge in [0.25, 0.3) is 0 Å². The number of amides is 1. The van der Waals surface area contributed by atoms with Crippen LogP contribution < -0.4 is 5.32 Å². The minimum absolute atomic E-state index is 0.0708. The second-order valence-corrected chi connectivity index (χ2v) is 12.0. The van der Waals surface area contributed by atoms with Crippen molar-refractivity contribution in [3.05, 3.63) is 95.1 Å². The Labute approximate surface area is 234 Å². The first-order valence-corrected chi connectivity index (χ1v) is 14.3. The average Bonchev–Trinajstić information content (AvgIpc) is 3.32. The van der Waals surface area contributed by atoms with Gasteiger partial charge in [-0.2, -0.15) is 4.31 Å². The van der Waals surface area contributed by atoms with Crippen LogP contribution in [0.5, 0.6) is 0 Å². The predicted molar refractivity (Wildman–Crippen MR) is 156 cm³/mol. The molecule has 1 heterocycles. The fraction of sp³-hybridized carbons (Fsp3) is 0.241. The maximum atomic E-state index is 13.5. The molecule has 0 unspecified atom stereocenters. The zero-order chi connectivity index (χ0) is 28.2. The van der Waals surface area contributed by atoms with Crippen molar-refractivity contribution < 1.29 is 13.2 Å². The number of sulfonamides is 1. The topological polar surface area (TPSA) is 87.5 Å². The first-order chi connectivity index (χ1) is 18.5. The SMILES string of the molecule is Cc1ccc(-n2cc(-c3ccccc3)nc2NC(=O)CN(CCN(C)C)S(=O)(=O)c2ccc(Cl)cc2)cc1C. The van der Waals surface area contributed by atoms with Crippen molar-refractivity contribution in [2.24, 2.45) is 0 Å². The van der Waals surface area contributed by atoms with Crippen LogP contribution >= 0.6 is 11.6 Å². The van der Waals surface area contributed by atoms with Gasteiger partial charge >= 0.3 is 0 Å². The molecule has 1 aromatic heterocycles. The molecule has 0 aliphatic heterocycles. The van der Waals surface area contributed by atoms with E-state index in [-0.39, 0.29) is 18.0 Å². The lowest BCUT2D eigenvalue weighted by Gasteiger charge is -2.23. The molecule has 4 aromatic rings. The first kappa shape index (κ1) is 28.5. The number of anilines is 1. The molecule has 39 heavy (non-hydrogen) atoms. The highest BCUT2D eigenvalue weighted by atomic mass is 35.5. The molecular formula is C29H32ClN5O3S. The predicted octanol–water partition coefficient (Wildman–Crippen LogP) is 5.00. The van der Waals surface area contributed by atoms with Crippen LogP contribution in [0.4, 0.5) is 5.95 Å². The van der Waals surface area contributed by atoms with Crippen molar-refractivity contribution >= 4 is 33.5 Å². The molecule has 1 N–H and O–H groups in total. The molecule has 0 saturated carbocycles. The summed E-state index contributed by atoms with van der Waals surface area (Å²) in [4.78, 5) is 20.0. The van der Waals surface area contributed by atoms with Crippen LogP contribution in [0.1, 0.15) is 11.1 Å². The molecular weight excluding hydrogens is 534 g/mol. The molecule has 0 aliphatic carbocycles. The summed E-state index contributed by atoms with van der Waals surface area (Å²) in [5.74, 6) is -0.194. The number of hydrogen-bond donors (Lipinski definition) is 1. The van der Waals surface area contributed by atoms with E-state index in [0.717, 1.165) is 22.4 Å². The number of rotatable bonds is 10. The fourth-order valence-electron chi connectivity index (χ4n) is 3.96. The van der Waals surface area contributed by atoms with E-state index in [0.29, 0.717) is 23.2 Å². The minimum atomic E-state index is -3.95. The lowest BCUT2D eigenvalue weighted by atomic mass is 10.1. The summed E-state index contributed by atoms with van der Waals surface area (Å²) in [6.45, 7) is 4.26. The molecule has 0 radical (unpaired) electrons. The van der Waals surface area contributed by atoms with E-state index < -0.39 is 15.9 Å². The summed E-state index contributed by atoms with van der Waals surface area (Å²) >= 11 is 5.96. The number of nitrogens with one attached hydrogen (secondary N) is 1. The zero-order valence-electron chi connectivity index (χ0n) is 22.4. The largest absolute Gasteiger partial charge is 0.308 e. The molecule has 0 bridgehead atoms. The normalized spacial score (nSPS) is 11.8. The van der Waals surface area contributed by atoms with Gasteiger partial charge in [-0.3, -0.25) is 14.7 Å². The number of imidazole rings is 1. The molecule has 0 atom stereocenters. The van der Waals surface area contributed by atoms with Crippen LogP contribution in [-0.4, -0.2) is 66.8 Å². The number of aryl methyl sites for hydroxylation is 2. The maximum Gasteiger partial charge on any atom is 0.243 e. The maximum absolute atomic E-state index is 13.5. The summed E-state index contributed by atoms with van der Waals surface area (Å²) in [6.07, 6.45) is 1.86. The molecule has 4 rings (SSSR count). The van der Waals surface area contributed by atoms with Crippen LogP contribution in [0, 0.1) is 13.8 Å². The number of nitrogens with zero attached hydrogens (tertiary/aromatic N) is 4. The Morgan fingerprint density at radius 3 is 2.28 bits per heavy atom. The summed E-state index contributed by atoms with van der Waals surface area (Å²) in [7, 11) is -0.260. The molecule has 204 valence electrons. The Bertz CT molecular complexity index is 1550. The molecule has 8 nitrogen and oxygen atoms in total. The van der Waals surface area contributed by atoms with Gasteiger partial charge in [0.1, 0.15) is 0 Å². The van der Waals surface area contributed by atoms with E-state index in [1.165, 1.54) is 28.6 Å². The molecule has 0 saturated heterocycles. The Morgan fingerprint density at radius 2 is 1.64 bits per heavy atom. The van der Waals surface area contributed by atoms with Crippen LogP contribution in [0.2, 0.25) is 5.02 Å². The molecule has 3 aromatic carbocycles. The van der Waals surface area contributed by atoms with Crippen molar-refractivity contribution in [1.29, 1.82) is 0 Å². The van der Waals surface area contributed by atoms with Gasteiger partial charge in [-0.15, -0.1) is 0 Å². The third kappa shape index (κ3) is 6.93. The lowest BCUT2D eigenvalue weighted by molar-refractivity contribution is -0.116. The van der Waals surface area contributed by atoms with Gasteiger partial charge in [0.05, 0.1) is 17.1 Å². The monoisotopic (exact) mass is 565 g/mol. The molecule has 0 spiro atoms. The number of hydrogen-bond acceptors (Lipinski definition) is 5. The number of likely N-dealkylation sites (N-methyl/N-ethyl adjacent to an activating group) is 1. The van der Waals surface area contributed by atoms with Crippen molar-refractivity contribution in [2.75, 3.05) is 39.0 Å². The fourth-order valence-corrected chi connectivity index (χ4v) is 5.48. The molecule has 10 heteroatoms. The van der Waals surface area contributed by atoms with Gasteiger partial charge in [0, 0.05) is 35.6 Å². The molecule has 0 aliphatic rings. The molecule has 0 fully saturated rings. The average molecular weight is 566 g/mol. The second-order valence-electron chi connectivity index (χ2n) is 9.60. The first-order valence-electron chi connectivity index (χ1n) is 12.5. The third-order valence-corrected chi connectivity index (χ3v) is 8.47. The van der Waals surface area contributed by atoms with Gasteiger partial charge in [-0.05, 0) is 75.5 Å². The standard InChI is InChI=1S/C29H32ClN5O3S/c1-21-10-13-25(18-22(21)2)35-19-27(23-8-6-5-7-9-23)31-29(35)32-28(36)20-34(17-16-33(3)4)39(37,38)26-14-11-24(30)12-15-26/h5-15,18-19H,16-17,20H2,1-4H3,(H,31,32,36). The highest BCUT2D eigenvalue weighted by Crippen LogP contribution is 2.26. The minimum Gasteiger partial charge on any atom is -0.308 e. The third-order valence-electron chi connectivity index (χ3n) is 6.36. The summed E-state index contributed by atoms with van der Waals surface area (Å²) in [5, 5.41) is 3.29. The van der Waals surface area contributed by atoms with Gasteiger partial charge < -0.3 is 4.90 Å². The van der Waals surface area contributed by atoms with E-state index in [2.05, 4.69) is 5.32 Å². The summed E-state index contributed by atoms with van der Waals surface area (Å²) < 4.78 is 29.9. The highest BCUT2D eigenvalue weighted by molar-refractivity contribution is 7.89. The Morgan fingerprint density at radius 1 is 0.949 bits per heavy atom. The van der Waals surface area contributed by atoms with E-state index in [1.54, 1.807) is 0 Å². The van der Waals surface area contributed by atoms with Crippen molar-refractivity contribution in [2.45, 2.75) is 18.7 Å². The van der Waals surface area contributed by atoms with Gasteiger partial charge in [0.15, 0.2) is 0 Å². The quantitative estimate of drug-likeness (QED) is 0.292. The smallest absolute Gasteiger partial charge is 0.243 e. The molecule has 1 amide bonds.